The zero-order valence-corrected chi connectivity index (χ0v) is 9.33. The Morgan fingerprint density at radius 2 is 1.93 bits per heavy atom. The van der Waals surface area contributed by atoms with Crippen LogP contribution in [-0.4, -0.2) is 21.5 Å². The zero-order chi connectivity index (χ0) is 10.6. The van der Waals surface area contributed by atoms with Gasteiger partial charge in [-0.05, 0) is 25.7 Å². The van der Waals surface area contributed by atoms with E-state index in [1.165, 1.54) is 19.3 Å². The van der Waals surface area contributed by atoms with Gasteiger partial charge in [0, 0.05) is 6.04 Å². The van der Waals surface area contributed by atoms with Crippen LogP contribution in [0.3, 0.4) is 0 Å². The Morgan fingerprint density at radius 3 is 2.43 bits per heavy atom. The maximum Gasteiger partial charge on any atom is 0.298 e. The lowest BCUT2D eigenvalue weighted by Gasteiger charge is -2.28. The highest BCUT2D eigenvalue weighted by molar-refractivity contribution is 7.64. The molecule has 1 atom stereocenters. The third-order valence-corrected chi connectivity index (χ3v) is 3.38. The molecule has 0 aromatic rings. The summed E-state index contributed by atoms with van der Waals surface area (Å²) in [5.74, 6) is 0.502. The predicted octanol–water partition coefficient (Wildman–Crippen LogP) is 1.96. The zero-order valence-electron chi connectivity index (χ0n) is 8.44. The minimum atomic E-state index is -2.47. The van der Waals surface area contributed by atoms with Gasteiger partial charge in [-0.25, -0.2) is 0 Å². The Bertz CT molecular complexity index is 192. The van der Waals surface area contributed by atoms with E-state index >= 15 is 0 Å². The van der Waals surface area contributed by atoms with E-state index < -0.39 is 14.0 Å². The minimum Gasteiger partial charge on any atom is -0.346 e. The SMILES string of the molecule is C[C@@H](NC(=O)P(O)O)C1CCCCC1. The maximum absolute atomic E-state index is 11.0. The standard InChI is InChI=1S/C9H18NO3P/c1-7(10-9(11)14(12)13)8-5-3-2-4-6-8/h7-8,12-13H,2-6H2,1H3,(H,10,11)/t7-/m1/s1. The van der Waals surface area contributed by atoms with Crippen LogP contribution in [0.5, 0.6) is 0 Å². The smallest absolute Gasteiger partial charge is 0.298 e. The molecule has 5 heteroatoms. The van der Waals surface area contributed by atoms with Crippen molar-refractivity contribution in [2.45, 2.75) is 45.1 Å². The summed E-state index contributed by atoms with van der Waals surface area (Å²) in [6.45, 7) is 1.94. The van der Waals surface area contributed by atoms with E-state index in [1.54, 1.807) is 0 Å². The molecular weight excluding hydrogens is 201 g/mol. The van der Waals surface area contributed by atoms with E-state index in [1.807, 2.05) is 6.92 Å². The van der Waals surface area contributed by atoms with Crippen LogP contribution in [0.1, 0.15) is 39.0 Å². The van der Waals surface area contributed by atoms with Crippen LogP contribution in [0, 0.1) is 5.92 Å². The molecule has 0 aromatic carbocycles. The quantitative estimate of drug-likeness (QED) is 0.635. The van der Waals surface area contributed by atoms with Gasteiger partial charge in [-0.3, -0.25) is 4.79 Å². The van der Waals surface area contributed by atoms with Gasteiger partial charge in [0.2, 0.25) is 0 Å². The molecule has 82 valence electrons. The average molecular weight is 219 g/mol. The molecular formula is C9H18NO3P. The fourth-order valence-electron chi connectivity index (χ4n) is 2.00. The molecule has 4 nitrogen and oxygen atoms in total. The van der Waals surface area contributed by atoms with Crippen molar-refractivity contribution in [1.82, 2.24) is 5.32 Å². The molecule has 3 N–H and O–H groups in total. The Morgan fingerprint density at radius 1 is 1.36 bits per heavy atom. The van der Waals surface area contributed by atoms with Gasteiger partial charge in [0.15, 0.2) is 0 Å². The molecule has 1 fully saturated rings. The van der Waals surface area contributed by atoms with Gasteiger partial charge in [-0.2, -0.15) is 0 Å². The second-order valence-corrected chi connectivity index (χ2v) is 4.91. The molecule has 0 heterocycles. The van der Waals surface area contributed by atoms with Gasteiger partial charge in [-0.15, -0.1) is 0 Å². The molecule has 0 saturated heterocycles. The summed E-state index contributed by atoms with van der Waals surface area (Å²) in [6, 6.07) is 0.0621. The van der Waals surface area contributed by atoms with Gasteiger partial charge in [-0.1, -0.05) is 19.3 Å². The van der Waals surface area contributed by atoms with E-state index in [-0.39, 0.29) is 6.04 Å². The number of hydrogen-bond donors (Lipinski definition) is 3. The molecule has 1 aliphatic carbocycles. The van der Waals surface area contributed by atoms with E-state index in [0.717, 1.165) is 12.8 Å². The van der Waals surface area contributed by atoms with Gasteiger partial charge < -0.3 is 15.1 Å². The van der Waals surface area contributed by atoms with Crippen molar-refractivity contribution in [1.29, 1.82) is 0 Å². The second kappa shape index (κ2) is 5.64. The van der Waals surface area contributed by atoms with Crippen molar-refractivity contribution < 1.29 is 14.6 Å². The molecule has 0 spiro atoms. The maximum atomic E-state index is 11.0. The number of hydrogen-bond acceptors (Lipinski definition) is 3. The fourth-order valence-corrected chi connectivity index (χ4v) is 2.32. The number of nitrogens with one attached hydrogen (secondary N) is 1. The molecule has 1 saturated carbocycles. The highest BCUT2D eigenvalue weighted by Gasteiger charge is 2.23. The molecule has 1 amide bonds. The van der Waals surface area contributed by atoms with Crippen LogP contribution in [0.2, 0.25) is 0 Å². The minimum absolute atomic E-state index is 0.0621. The number of rotatable bonds is 3. The van der Waals surface area contributed by atoms with Crippen molar-refractivity contribution in [3.05, 3.63) is 0 Å². The lowest BCUT2D eigenvalue weighted by atomic mass is 9.85. The molecule has 0 bridgehead atoms. The first-order valence-corrected chi connectivity index (χ1v) is 6.34. The molecule has 0 unspecified atom stereocenters. The topological polar surface area (TPSA) is 69.6 Å². The fraction of sp³-hybridized carbons (Fsp3) is 0.889. The summed E-state index contributed by atoms with van der Waals surface area (Å²) in [5, 5.41) is 2.64. The molecule has 1 rings (SSSR count). The highest BCUT2D eigenvalue weighted by atomic mass is 31.2. The Kier molecular flexibility index (Phi) is 4.79. The van der Waals surface area contributed by atoms with Crippen molar-refractivity contribution in [3.63, 3.8) is 0 Å². The summed E-state index contributed by atoms with van der Waals surface area (Å²) in [7, 11) is -2.47. The second-order valence-electron chi connectivity index (χ2n) is 3.93. The molecule has 1 aliphatic rings. The summed E-state index contributed by atoms with van der Waals surface area (Å²) in [5.41, 5.74) is -0.627. The summed E-state index contributed by atoms with van der Waals surface area (Å²) in [6.07, 6.45) is 5.99. The first-order valence-electron chi connectivity index (χ1n) is 5.09. The normalized spacial score (nSPS) is 20.9. The van der Waals surface area contributed by atoms with Crippen molar-refractivity contribution in [3.8, 4) is 0 Å². The van der Waals surface area contributed by atoms with Gasteiger partial charge >= 0.3 is 0 Å². The third-order valence-electron chi connectivity index (χ3n) is 2.89. The average Bonchev–Trinajstić information content (AvgIpc) is 2.19. The summed E-state index contributed by atoms with van der Waals surface area (Å²) < 4.78 is 0. The summed E-state index contributed by atoms with van der Waals surface area (Å²) in [4.78, 5) is 28.4. The van der Waals surface area contributed by atoms with Crippen LogP contribution >= 0.6 is 8.38 Å². The number of carbonyl (C=O) groups excluding carboxylic acids is 1. The first-order chi connectivity index (χ1) is 6.61. The largest absolute Gasteiger partial charge is 0.346 e. The lowest BCUT2D eigenvalue weighted by molar-refractivity contribution is 0.238. The monoisotopic (exact) mass is 219 g/mol. The van der Waals surface area contributed by atoms with E-state index in [9.17, 15) is 4.79 Å². The van der Waals surface area contributed by atoms with Crippen LogP contribution < -0.4 is 5.32 Å². The van der Waals surface area contributed by atoms with Gasteiger partial charge in [0.05, 0.1) is 0 Å². The number of amides is 1. The van der Waals surface area contributed by atoms with E-state index in [2.05, 4.69) is 5.32 Å². The van der Waals surface area contributed by atoms with Crippen molar-refractivity contribution in [2.24, 2.45) is 5.92 Å². The van der Waals surface area contributed by atoms with Crippen LogP contribution in [0.25, 0.3) is 0 Å². The highest BCUT2D eigenvalue weighted by Crippen LogP contribution is 2.29. The van der Waals surface area contributed by atoms with Gasteiger partial charge in [0.1, 0.15) is 0 Å². The Balaban J connectivity index is 2.32. The van der Waals surface area contributed by atoms with Gasteiger partial charge in [0.25, 0.3) is 14.0 Å². The van der Waals surface area contributed by atoms with Crippen LogP contribution in [0.15, 0.2) is 0 Å². The molecule has 0 radical (unpaired) electrons. The predicted molar refractivity (Wildman–Crippen MR) is 55.9 cm³/mol. The molecule has 0 aromatic heterocycles. The number of carbonyl (C=O) groups is 1. The van der Waals surface area contributed by atoms with E-state index in [4.69, 9.17) is 9.79 Å². The van der Waals surface area contributed by atoms with E-state index in [0.29, 0.717) is 5.92 Å². The molecule has 14 heavy (non-hydrogen) atoms. The lowest BCUT2D eigenvalue weighted by Crippen LogP contribution is -2.37. The summed E-state index contributed by atoms with van der Waals surface area (Å²) >= 11 is 0. The van der Waals surface area contributed by atoms with Crippen LogP contribution in [0.4, 0.5) is 4.79 Å². The first kappa shape index (κ1) is 11.9. The Labute approximate surface area is 85.6 Å². The van der Waals surface area contributed by atoms with Crippen molar-refractivity contribution in [2.75, 3.05) is 0 Å². The van der Waals surface area contributed by atoms with Crippen molar-refractivity contribution >= 4 is 14.0 Å². The third kappa shape index (κ3) is 3.52. The van der Waals surface area contributed by atoms with Crippen LogP contribution in [-0.2, 0) is 0 Å². The Hall–Kier alpha value is -0.180. The molecule has 0 aliphatic heterocycles.